The number of hydrogen-bond donors (Lipinski definition) is 2. The van der Waals surface area contributed by atoms with Crippen LogP contribution in [0.2, 0.25) is 0 Å². The predicted molar refractivity (Wildman–Crippen MR) is 128 cm³/mol. The molecule has 6 heteroatoms. The SMILES string of the molecule is CC.CN=C(NC(=O)Cc1ccc(F)cc1)C(=NCc1ccc(O)cc1)c1ccccc1. The maximum Gasteiger partial charge on any atom is 0.229 e. The Morgan fingerprint density at radius 1 is 0.906 bits per heavy atom. The van der Waals surface area contributed by atoms with E-state index in [-0.39, 0.29) is 23.9 Å². The largest absolute Gasteiger partial charge is 0.508 e. The quantitative estimate of drug-likeness (QED) is 0.427. The molecule has 0 aliphatic carbocycles. The minimum Gasteiger partial charge on any atom is -0.508 e. The number of nitrogens with one attached hydrogen (secondary N) is 1. The summed E-state index contributed by atoms with van der Waals surface area (Å²) in [6.45, 7) is 4.36. The van der Waals surface area contributed by atoms with Gasteiger partial charge in [0.1, 0.15) is 17.3 Å². The van der Waals surface area contributed by atoms with Gasteiger partial charge in [0.2, 0.25) is 5.91 Å². The van der Waals surface area contributed by atoms with Crippen molar-refractivity contribution in [1.29, 1.82) is 0 Å². The second-order valence-electron chi connectivity index (χ2n) is 6.62. The Bertz CT molecular complexity index is 1040. The first-order valence-corrected chi connectivity index (χ1v) is 10.4. The number of hydrogen-bond acceptors (Lipinski definition) is 4. The fraction of sp³-hybridized carbons (Fsp3) is 0.192. The second-order valence-corrected chi connectivity index (χ2v) is 6.62. The Morgan fingerprint density at radius 3 is 2.09 bits per heavy atom. The molecule has 0 atom stereocenters. The number of rotatable bonds is 6. The number of carbonyl (C=O) groups is 1. The number of amidine groups is 1. The van der Waals surface area contributed by atoms with Crippen LogP contribution in [0.25, 0.3) is 0 Å². The van der Waals surface area contributed by atoms with Crippen molar-refractivity contribution < 1.29 is 14.3 Å². The molecule has 0 saturated heterocycles. The number of aliphatic imine (C=N–C) groups is 2. The smallest absolute Gasteiger partial charge is 0.229 e. The lowest BCUT2D eigenvalue weighted by Crippen LogP contribution is -2.37. The summed E-state index contributed by atoms with van der Waals surface area (Å²) in [6.07, 6.45) is 0.0966. The molecule has 0 aliphatic rings. The molecule has 0 unspecified atom stereocenters. The van der Waals surface area contributed by atoms with Crippen LogP contribution in [0, 0.1) is 5.82 Å². The van der Waals surface area contributed by atoms with E-state index in [2.05, 4.69) is 15.3 Å². The van der Waals surface area contributed by atoms with Crippen molar-refractivity contribution in [3.8, 4) is 5.75 Å². The molecule has 0 aliphatic heterocycles. The van der Waals surface area contributed by atoms with Crippen LogP contribution in [0.3, 0.4) is 0 Å². The molecule has 5 nitrogen and oxygen atoms in total. The van der Waals surface area contributed by atoms with Gasteiger partial charge in [-0.25, -0.2) is 4.39 Å². The van der Waals surface area contributed by atoms with Crippen molar-refractivity contribution in [1.82, 2.24) is 5.32 Å². The predicted octanol–water partition coefficient (Wildman–Crippen LogP) is 4.93. The van der Waals surface area contributed by atoms with Crippen molar-refractivity contribution >= 4 is 17.5 Å². The van der Waals surface area contributed by atoms with Crippen LogP contribution in [0.15, 0.2) is 88.8 Å². The van der Waals surface area contributed by atoms with Gasteiger partial charge < -0.3 is 10.4 Å². The van der Waals surface area contributed by atoms with Gasteiger partial charge >= 0.3 is 0 Å². The molecule has 2 N–H and O–H groups in total. The molecule has 0 heterocycles. The Hall–Kier alpha value is -3.80. The Labute approximate surface area is 188 Å². The van der Waals surface area contributed by atoms with Crippen LogP contribution in [0.4, 0.5) is 4.39 Å². The van der Waals surface area contributed by atoms with Crippen molar-refractivity contribution in [3.63, 3.8) is 0 Å². The van der Waals surface area contributed by atoms with Crippen LogP contribution in [0.5, 0.6) is 5.75 Å². The van der Waals surface area contributed by atoms with E-state index < -0.39 is 0 Å². The Morgan fingerprint density at radius 2 is 1.50 bits per heavy atom. The molecule has 166 valence electrons. The lowest BCUT2D eigenvalue weighted by atomic mass is 10.1. The van der Waals surface area contributed by atoms with Gasteiger partial charge in [-0.2, -0.15) is 0 Å². The van der Waals surface area contributed by atoms with Gasteiger partial charge in [-0.1, -0.05) is 68.4 Å². The van der Waals surface area contributed by atoms with Gasteiger partial charge in [0.25, 0.3) is 0 Å². The number of phenols is 1. The summed E-state index contributed by atoms with van der Waals surface area (Å²) in [6, 6.07) is 22.1. The van der Waals surface area contributed by atoms with Crippen LogP contribution in [-0.4, -0.2) is 29.6 Å². The first-order chi connectivity index (χ1) is 15.5. The van der Waals surface area contributed by atoms with Crippen molar-refractivity contribution in [3.05, 3.63) is 101 Å². The summed E-state index contributed by atoms with van der Waals surface area (Å²) in [5.74, 6) is -0.0693. The summed E-state index contributed by atoms with van der Waals surface area (Å²) in [7, 11) is 1.59. The number of carbonyl (C=O) groups excluding carboxylic acids is 1. The summed E-state index contributed by atoms with van der Waals surface area (Å²) in [4.78, 5) is 21.5. The number of benzene rings is 3. The van der Waals surface area contributed by atoms with E-state index >= 15 is 0 Å². The minimum absolute atomic E-state index is 0.0966. The third kappa shape index (κ3) is 7.47. The lowest BCUT2D eigenvalue weighted by Gasteiger charge is -2.12. The van der Waals surface area contributed by atoms with Gasteiger partial charge in [-0.3, -0.25) is 14.8 Å². The van der Waals surface area contributed by atoms with Crippen molar-refractivity contribution in [2.75, 3.05) is 7.05 Å². The van der Waals surface area contributed by atoms with Crippen molar-refractivity contribution in [2.45, 2.75) is 26.8 Å². The normalized spacial score (nSPS) is 11.4. The zero-order valence-corrected chi connectivity index (χ0v) is 18.5. The average molecular weight is 434 g/mol. The third-order valence-electron chi connectivity index (χ3n) is 4.39. The summed E-state index contributed by atoms with van der Waals surface area (Å²) in [5.41, 5.74) is 2.98. The van der Waals surface area contributed by atoms with Gasteiger partial charge in [0, 0.05) is 12.6 Å². The number of amides is 1. The third-order valence-corrected chi connectivity index (χ3v) is 4.39. The zero-order valence-electron chi connectivity index (χ0n) is 18.5. The first-order valence-electron chi connectivity index (χ1n) is 10.4. The maximum absolute atomic E-state index is 13.1. The van der Waals surface area contributed by atoms with Gasteiger partial charge in [-0.15, -0.1) is 0 Å². The fourth-order valence-corrected chi connectivity index (χ4v) is 2.86. The highest BCUT2D eigenvalue weighted by Crippen LogP contribution is 2.12. The molecule has 3 rings (SSSR count). The highest BCUT2D eigenvalue weighted by Gasteiger charge is 2.15. The summed E-state index contributed by atoms with van der Waals surface area (Å²) < 4.78 is 13.1. The van der Waals surface area contributed by atoms with Crippen LogP contribution in [-0.2, 0) is 17.8 Å². The van der Waals surface area contributed by atoms with E-state index in [0.29, 0.717) is 23.7 Å². The lowest BCUT2D eigenvalue weighted by molar-refractivity contribution is -0.119. The number of aromatic hydroxyl groups is 1. The highest BCUT2D eigenvalue weighted by atomic mass is 19.1. The molecule has 3 aromatic rings. The molecule has 0 fully saturated rings. The molecule has 1 amide bonds. The monoisotopic (exact) mass is 433 g/mol. The molecule has 32 heavy (non-hydrogen) atoms. The van der Waals surface area contributed by atoms with E-state index in [9.17, 15) is 14.3 Å². The van der Waals surface area contributed by atoms with Gasteiger partial charge in [0.05, 0.1) is 13.0 Å². The number of phenolic OH excluding ortho intramolecular Hbond substituents is 1. The zero-order chi connectivity index (χ0) is 23.3. The summed E-state index contributed by atoms with van der Waals surface area (Å²) in [5, 5.41) is 12.3. The molecular formula is C26H28FN3O2. The van der Waals surface area contributed by atoms with E-state index in [1.165, 1.54) is 12.1 Å². The molecule has 0 saturated carbocycles. The Kier molecular flexibility index (Phi) is 9.78. The Balaban J connectivity index is 0.00000176. The van der Waals surface area contributed by atoms with E-state index in [0.717, 1.165) is 11.1 Å². The number of nitrogens with zero attached hydrogens (tertiary/aromatic N) is 2. The maximum atomic E-state index is 13.1. The van der Waals surface area contributed by atoms with Gasteiger partial charge in [0.15, 0.2) is 5.84 Å². The standard InChI is InChI=1S/C24H22FN3O2.C2H6/c1-26-24(28-22(30)15-17-7-11-20(25)12-8-17)23(19-5-3-2-4-6-19)27-16-18-9-13-21(29)14-10-18;1-2/h2-14,29H,15-16H2,1H3,(H,26,28,30);1-2H3. The van der Waals surface area contributed by atoms with Gasteiger partial charge in [-0.05, 0) is 35.4 Å². The van der Waals surface area contributed by atoms with Crippen molar-refractivity contribution in [2.24, 2.45) is 9.98 Å². The molecule has 3 aromatic carbocycles. The molecular weight excluding hydrogens is 405 g/mol. The fourth-order valence-electron chi connectivity index (χ4n) is 2.86. The van der Waals surface area contributed by atoms with Crippen LogP contribution in [0.1, 0.15) is 30.5 Å². The molecule has 0 spiro atoms. The van der Waals surface area contributed by atoms with Crippen LogP contribution < -0.4 is 5.32 Å². The molecule has 0 aromatic heterocycles. The highest BCUT2D eigenvalue weighted by molar-refractivity contribution is 6.49. The minimum atomic E-state index is -0.345. The van der Waals surface area contributed by atoms with E-state index in [1.54, 1.807) is 43.4 Å². The first kappa shape index (κ1) is 24.5. The van der Waals surface area contributed by atoms with E-state index in [4.69, 9.17) is 0 Å². The molecule has 0 radical (unpaired) electrons. The molecule has 0 bridgehead atoms. The average Bonchev–Trinajstić information content (AvgIpc) is 2.83. The van der Waals surface area contributed by atoms with Crippen LogP contribution >= 0.6 is 0 Å². The second kappa shape index (κ2) is 12.8. The summed E-state index contributed by atoms with van der Waals surface area (Å²) >= 11 is 0. The number of halogens is 1. The van der Waals surface area contributed by atoms with E-state index in [1.807, 2.05) is 44.2 Å². The topological polar surface area (TPSA) is 74.0 Å².